The number of non-ortho nitro benzene ring substituents is 1. The normalized spacial score (nSPS) is 10.4. The van der Waals surface area contributed by atoms with Crippen LogP contribution in [0.4, 0.5) is 5.69 Å². The van der Waals surface area contributed by atoms with Crippen LogP contribution < -0.4 is 0 Å². The van der Waals surface area contributed by atoms with E-state index in [-0.39, 0.29) is 5.69 Å². The van der Waals surface area contributed by atoms with E-state index in [1.165, 1.54) is 23.9 Å². The van der Waals surface area contributed by atoms with Gasteiger partial charge in [-0.15, -0.1) is 0 Å². The number of ether oxygens (including phenoxy) is 1. The van der Waals surface area contributed by atoms with Crippen molar-refractivity contribution < 1.29 is 9.66 Å². The lowest BCUT2D eigenvalue weighted by atomic mass is 10.2. The molecular formula is C9H8ClNO3. The second kappa shape index (κ2) is 5.24. The van der Waals surface area contributed by atoms with Crippen LogP contribution >= 0.6 is 11.6 Å². The van der Waals surface area contributed by atoms with Crippen molar-refractivity contribution in [2.24, 2.45) is 0 Å². The van der Waals surface area contributed by atoms with E-state index in [1.807, 2.05) is 0 Å². The molecule has 0 heterocycles. The molecule has 0 radical (unpaired) electrons. The molecule has 0 saturated heterocycles. The molecule has 0 amide bonds. The number of rotatable bonds is 4. The number of hydrogen-bond acceptors (Lipinski definition) is 3. The Hall–Kier alpha value is -1.55. The first-order valence-corrected chi connectivity index (χ1v) is 4.28. The van der Waals surface area contributed by atoms with E-state index in [4.69, 9.17) is 16.3 Å². The molecule has 1 aromatic carbocycles. The van der Waals surface area contributed by atoms with Gasteiger partial charge in [-0.3, -0.25) is 10.1 Å². The molecule has 0 spiro atoms. The molecule has 0 saturated carbocycles. The minimum atomic E-state index is -0.441. The zero-order valence-corrected chi connectivity index (χ0v) is 7.98. The van der Waals surface area contributed by atoms with Gasteiger partial charge in [0.2, 0.25) is 0 Å². The average Bonchev–Trinajstić information content (AvgIpc) is 2.19. The first-order chi connectivity index (χ1) is 6.74. The van der Waals surface area contributed by atoms with E-state index < -0.39 is 4.92 Å². The Morgan fingerprint density at radius 3 is 2.57 bits per heavy atom. The van der Waals surface area contributed by atoms with Crippen molar-refractivity contribution in [3.8, 4) is 0 Å². The van der Waals surface area contributed by atoms with Crippen LogP contribution in [0.1, 0.15) is 5.56 Å². The van der Waals surface area contributed by atoms with Crippen LogP contribution in [0.2, 0.25) is 0 Å². The Morgan fingerprint density at radius 1 is 1.43 bits per heavy atom. The zero-order valence-electron chi connectivity index (χ0n) is 7.22. The molecule has 74 valence electrons. The van der Waals surface area contributed by atoms with Gasteiger partial charge in [0.15, 0.2) is 0 Å². The van der Waals surface area contributed by atoms with Crippen molar-refractivity contribution in [1.29, 1.82) is 0 Å². The lowest BCUT2D eigenvalue weighted by molar-refractivity contribution is -0.384. The van der Waals surface area contributed by atoms with Crippen molar-refractivity contribution in [2.45, 2.75) is 6.61 Å². The number of benzene rings is 1. The van der Waals surface area contributed by atoms with Gasteiger partial charge >= 0.3 is 0 Å². The number of hydrogen-bond donors (Lipinski definition) is 0. The van der Waals surface area contributed by atoms with Crippen LogP contribution in [0.5, 0.6) is 0 Å². The third-order valence-corrected chi connectivity index (χ3v) is 1.65. The monoisotopic (exact) mass is 213 g/mol. The number of halogens is 1. The summed E-state index contributed by atoms with van der Waals surface area (Å²) in [5.41, 5.74) is 2.18. The van der Waals surface area contributed by atoms with Crippen molar-refractivity contribution in [3.05, 3.63) is 51.7 Å². The summed E-state index contributed by atoms with van der Waals surface area (Å²) in [7, 11) is 0. The van der Waals surface area contributed by atoms with Gasteiger partial charge in [0.1, 0.15) is 6.61 Å². The van der Waals surface area contributed by atoms with Crippen molar-refractivity contribution in [1.82, 2.24) is 0 Å². The second-order valence-corrected chi connectivity index (χ2v) is 2.75. The van der Waals surface area contributed by atoms with Crippen LogP contribution in [0.25, 0.3) is 0 Å². The van der Waals surface area contributed by atoms with Gasteiger partial charge in [0, 0.05) is 17.7 Å². The maximum Gasteiger partial charge on any atom is 0.269 e. The molecule has 1 aromatic rings. The highest BCUT2D eigenvalue weighted by Crippen LogP contribution is 2.12. The molecule has 0 aliphatic rings. The largest absolute Gasteiger partial charge is 0.496 e. The summed E-state index contributed by atoms with van der Waals surface area (Å²) in [6, 6.07) is 6.15. The Morgan fingerprint density at radius 2 is 2.07 bits per heavy atom. The minimum absolute atomic E-state index is 0.0710. The highest BCUT2D eigenvalue weighted by molar-refractivity contribution is 6.25. The fraction of sp³-hybridized carbons (Fsp3) is 0.111. The molecule has 0 aromatic heterocycles. The molecule has 0 fully saturated rings. The third-order valence-electron chi connectivity index (χ3n) is 1.54. The molecular weight excluding hydrogens is 206 g/mol. The quantitative estimate of drug-likeness (QED) is 0.439. The highest BCUT2D eigenvalue weighted by Gasteiger charge is 2.03. The molecule has 0 aliphatic carbocycles. The number of nitrogens with zero attached hydrogens (tertiary/aromatic N) is 1. The van der Waals surface area contributed by atoms with Crippen LogP contribution in [0.15, 0.2) is 36.1 Å². The standard InChI is InChI=1S/C9H8ClNO3/c10-5-6-14-7-8-1-3-9(4-2-8)11(12)13/h1-6H,7H2/b6-5+. The van der Waals surface area contributed by atoms with E-state index in [0.717, 1.165) is 5.56 Å². The lowest BCUT2D eigenvalue weighted by Gasteiger charge is -1.99. The van der Waals surface area contributed by atoms with Crippen molar-refractivity contribution in [2.75, 3.05) is 0 Å². The van der Waals surface area contributed by atoms with E-state index >= 15 is 0 Å². The predicted octanol–water partition coefficient (Wildman–Crippen LogP) is 2.82. The fourth-order valence-corrected chi connectivity index (χ4v) is 0.967. The van der Waals surface area contributed by atoms with E-state index in [1.54, 1.807) is 12.1 Å². The Kier molecular flexibility index (Phi) is 3.94. The number of nitro groups is 1. The van der Waals surface area contributed by atoms with Gasteiger partial charge in [0.25, 0.3) is 5.69 Å². The maximum atomic E-state index is 10.3. The molecule has 0 atom stereocenters. The smallest absolute Gasteiger partial charge is 0.269 e. The fourth-order valence-electron chi connectivity index (χ4n) is 0.895. The van der Waals surface area contributed by atoms with Gasteiger partial charge in [-0.1, -0.05) is 11.6 Å². The Bertz CT molecular complexity index is 334. The van der Waals surface area contributed by atoms with Crippen LogP contribution in [0, 0.1) is 10.1 Å². The minimum Gasteiger partial charge on any atom is -0.496 e. The molecule has 0 N–H and O–H groups in total. The summed E-state index contributed by atoms with van der Waals surface area (Å²) >= 11 is 5.24. The lowest BCUT2D eigenvalue weighted by Crippen LogP contribution is -1.90. The van der Waals surface area contributed by atoms with E-state index in [2.05, 4.69) is 0 Å². The molecule has 0 unspecified atom stereocenters. The summed E-state index contributed by atoms with van der Waals surface area (Å²) in [5.74, 6) is 0. The summed E-state index contributed by atoms with van der Waals surface area (Å²) in [6.45, 7) is 0.348. The first kappa shape index (κ1) is 10.5. The first-order valence-electron chi connectivity index (χ1n) is 3.84. The predicted molar refractivity (Wildman–Crippen MR) is 52.9 cm³/mol. The topological polar surface area (TPSA) is 52.4 Å². The highest BCUT2D eigenvalue weighted by atomic mass is 35.5. The average molecular weight is 214 g/mol. The van der Waals surface area contributed by atoms with Crippen LogP contribution in [-0.2, 0) is 11.3 Å². The SMILES string of the molecule is O=[N+]([O-])c1ccc(CO/C=C/Cl)cc1. The Balaban J connectivity index is 2.59. The summed E-state index contributed by atoms with van der Waals surface area (Å²) in [5, 5.41) is 10.3. The van der Waals surface area contributed by atoms with Crippen molar-refractivity contribution >= 4 is 17.3 Å². The molecule has 0 aliphatic heterocycles. The molecule has 1 rings (SSSR count). The van der Waals surface area contributed by atoms with Crippen LogP contribution in [0.3, 0.4) is 0 Å². The van der Waals surface area contributed by atoms with Gasteiger partial charge in [-0.2, -0.15) is 0 Å². The molecule has 0 bridgehead atoms. The van der Waals surface area contributed by atoms with Gasteiger partial charge in [-0.05, 0) is 17.7 Å². The van der Waals surface area contributed by atoms with E-state index in [9.17, 15) is 10.1 Å². The third kappa shape index (κ3) is 3.06. The molecule has 14 heavy (non-hydrogen) atoms. The van der Waals surface area contributed by atoms with Gasteiger partial charge in [-0.25, -0.2) is 0 Å². The zero-order chi connectivity index (χ0) is 10.4. The summed E-state index contributed by atoms with van der Waals surface area (Å²) < 4.78 is 4.99. The van der Waals surface area contributed by atoms with Crippen LogP contribution in [-0.4, -0.2) is 4.92 Å². The molecule has 5 heteroatoms. The summed E-state index contributed by atoms with van der Waals surface area (Å²) in [6.07, 6.45) is 1.35. The van der Waals surface area contributed by atoms with Gasteiger partial charge < -0.3 is 4.74 Å². The second-order valence-electron chi connectivity index (χ2n) is 2.50. The summed E-state index contributed by atoms with van der Waals surface area (Å²) in [4.78, 5) is 9.88. The van der Waals surface area contributed by atoms with Gasteiger partial charge in [0.05, 0.1) is 11.2 Å². The number of nitro benzene ring substituents is 1. The molecule has 4 nitrogen and oxygen atoms in total. The Labute approximate surface area is 85.9 Å². The van der Waals surface area contributed by atoms with Crippen molar-refractivity contribution in [3.63, 3.8) is 0 Å². The van der Waals surface area contributed by atoms with E-state index in [0.29, 0.717) is 6.61 Å². The maximum absolute atomic E-state index is 10.3.